The predicted molar refractivity (Wildman–Crippen MR) is 85.1 cm³/mol. The van der Waals surface area contributed by atoms with E-state index in [0.29, 0.717) is 13.0 Å². The Labute approximate surface area is 134 Å². The Morgan fingerprint density at radius 1 is 1.48 bits per heavy atom. The van der Waals surface area contributed by atoms with Gasteiger partial charge in [-0.25, -0.2) is 4.79 Å². The second kappa shape index (κ2) is 7.38. The molecule has 0 saturated carbocycles. The minimum absolute atomic E-state index is 0.177. The summed E-state index contributed by atoms with van der Waals surface area (Å²) in [7, 11) is 1.43. The Morgan fingerprint density at radius 2 is 2.19 bits per heavy atom. The highest BCUT2D eigenvalue weighted by atomic mass is 79.9. The molecule has 1 aliphatic heterocycles. The molecule has 1 heterocycles. The van der Waals surface area contributed by atoms with Crippen LogP contribution in [0.1, 0.15) is 31.7 Å². The fraction of sp³-hybridized carbons (Fsp3) is 0.562. The second-order valence-electron chi connectivity index (χ2n) is 5.27. The number of carbonyl (C=O) groups excluding carboxylic acids is 1. The number of ether oxygens (including phenoxy) is 2. The van der Waals surface area contributed by atoms with Crippen molar-refractivity contribution in [1.29, 1.82) is 0 Å². The Hall–Kier alpha value is -0.910. The number of methoxy groups -OCH3 is 1. The average molecular weight is 356 g/mol. The molecule has 0 aliphatic carbocycles. The number of rotatable bonds is 6. The summed E-state index contributed by atoms with van der Waals surface area (Å²) in [5.74, 6) is -0.259. The third-order valence-corrected chi connectivity index (χ3v) is 4.59. The van der Waals surface area contributed by atoms with Crippen LogP contribution < -0.4 is 5.32 Å². The molecule has 5 heteroatoms. The van der Waals surface area contributed by atoms with Crippen molar-refractivity contribution in [3.8, 4) is 0 Å². The number of benzene rings is 1. The van der Waals surface area contributed by atoms with Crippen LogP contribution in [0.4, 0.5) is 0 Å². The molecule has 4 nitrogen and oxygen atoms in total. The van der Waals surface area contributed by atoms with Crippen LogP contribution in [0, 0.1) is 0 Å². The van der Waals surface area contributed by atoms with Crippen LogP contribution >= 0.6 is 15.9 Å². The van der Waals surface area contributed by atoms with Crippen molar-refractivity contribution in [2.24, 2.45) is 0 Å². The van der Waals surface area contributed by atoms with Gasteiger partial charge >= 0.3 is 5.97 Å². The molecule has 0 aromatic heterocycles. The number of hydrogen-bond acceptors (Lipinski definition) is 4. The quantitative estimate of drug-likeness (QED) is 0.796. The molecule has 1 saturated heterocycles. The summed E-state index contributed by atoms with van der Waals surface area (Å²) >= 11 is 3.42. The highest BCUT2D eigenvalue weighted by Gasteiger charge is 2.40. The van der Waals surface area contributed by atoms with E-state index < -0.39 is 5.54 Å². The van der Waals surface area contributed by atoms with Gasteiger partial charge < -0.3 is 9.47 Å². The largest absolute Gasteiger partial charge is 0.467 e. The number of carbonyl (C=O) groups is 1. The van der Waals surface area contributed by atoms with Gasteiger partial charge in [0.2, 0.25) is 0 Å². The fourth-order valence-corrected chi connectivity index (χ4v) is 3.03. The van der Waals surface area contributed by atoms with Gasteiger partial charge in [0.05, 0.1) is 13.2 Å². The lowest BCUT2D eigenvalue weighted by atomic mass is 9.87. The van der Waals surface area contributed by atoms with Crippen molar-refractivity contribution in [1.82, 2.24) is 5.32 Å². The summed E-state index contributed by atoms with van der Waals surface area (Å²) in [6.07, 6.45) is 2.92. The maximum Gasteiger partial charge on any atom is 0.330 e. The van der Waals surface area contributed by atoms with Crippen molar-refractivity contribution in [3.05, 3.63) is 34.3 Å². The molecule has 1 aliphatic rings. The summed E-state index contributed by atoms with van der Waals surface area (Å²) in [6, 6.07) is 7.78. The summed E-state index contributed by atoms with van der Waals surface area (Å²) in [5.41, 5.74) is 0.0968. The van der Waals surface area contributed by atoms with E-state index in [1.165, 1.54) is 7.11 Å². The number of halogens is 1. The fourth-order valence-electron chi connectivity index (χ4n) is 2.77. The summed E-state index contributed by atoms with van der Waals surface area (Å²) in [6.45, 7) is 3.45. The molecule has 0 spiro atoms. The molecule has 1 aromatic rings. The normalized spacial score (nSPS) is 21.0. The van der Waals surface area contributed by atoms with Crippen molar-refractivity contribution in [2.45, 2.75) is 37.8 Å². The Bertz CT molecular complexity index is 471. The molecule has 2 unspecified atom stereocenters. The first kappa shape index (κ1) is 16.5. The minimum atomic E-state index is -0.818. The molecule has 116 valence electrons. The second-order valence-corrected chi connectivity index (χ2v) is 6.19. The van der Waals surface area contributed by atoms with Crippen molar-refractivity contribution in [3.63, 3.8) is 0 Å². The van der Waals surface area contributed by atoms with Gasteiger partial charge in [-0.2, -0.15) is 0 Å². The summed E-state index contributed by atoms with van der Waals surface area (Å²) in [4.78, 5) is 12.4. The highest BCUT2D eigenvalue weighted by molar-refractivity contribution is 9.10. The van der Waals surface area contributed by atoms with E-state index in [2.05, 4.69) is 21.2 Å². The SMILES string of the molecule is CCC(NCC1CCCO1)(C(=O)OC)c1ccc(Br)cc1. The van der Waals surface area contributed by atoms with Crippen LogP contribution in [0.2, 0.25) is 0 Å². The van der Waals surface area contributed by atoms with Crippen LogP contribution in [0.15, 0.2) is 28.7 Å². The van der Waals surface area contributed by atoms with Gasteiger partial charge in [-0.3, -0.25) is 5.32 Å². The van der Waals surface area contributed by atoms with Crippen LogP contribution in [0.5, 0.6) is 0 Å². The Balaban J connectivity index is 2.23. The first-order valence-electron chi connectivity index (χ1n) is 7.33. The van der Waals surface area contributed by atoms with Crippen LogP contribution in [0.3, 0.4) is 0 Å². The van der Waals surface area contributed by atoms with E-state index in [9.17, 15) is 4.79 Å². The van der Waals surface area contributed by atoms with E-state index in [4.69, 9.17) is 9.47 Å². The van der Waals surface area contributed by atoms with Crippen molar-refractivity contribution >= 4 is 21.9 Å². The molecule has 21 heavy (non-hydrogen) atoms. The zero-order valence-corrected chi connectivity index (χ0v) is 14.1. The molecule has 1 N–H and O–H groups in total. The predicted octanol–water partition coefficient (Wildman–Crippen LogP) is 3.00. The number of esters is 1. The van der Waals surface area contributed by atoms with E-state index >= 15 is 0 Å². The van der Waals surface area contributed by atoms with E-state index in [1.54, 1.807) is 0 Å². The van der Waals surface area contributed by atoms with Gasteiger partial charge in [-0.05, 0) is 37.0 Å². The van der Waals surface area contributed by atoms with Gasteiger partial charge in [-0.15, -0.1) is 0 Å². The third kappa shape index (κ3) is 3.65. The summed E-state index contributed by atoms with van der Waals surface area (Å²) in [5, 5.41) is 3.40. The van der Waals surface area contributed by atoms with Crippen LogP contribution in [-0.4, -0.2) is 32.3 Å². The Kier molecular flexibility index (Phi) is 5.79. The summed E-state index contributed by atoms with van der Waals surface area (Å²) < 4.78 is 11.7. The first-order valence-corrected chi connectivity index (χ1v) is 8.12. The molecule has 0 radical (unpaired) electrons. The van der Waals surface area contributed by atoms with Crippen molar-refractivity contribution < 1.29 is 14.3 Å². The standard InChI is InChI=1S/C16H22BrNO3/c1-3-16(15(19)20-2,12-6-8-13(17)9-7-12)18-11-14-5-4-10-21-14/h6-9,14,18H,3-5,10-11H2,1-2H3. The monoisotopic (exact) mass is 355 g/mol. The molecular formula is C16H22BrNO3. The van der Waals surface area contributed by atoms with E-state index in [1.807, 2.05) is 31.2 Å². The zero-order valence-electron chi connectivity index (χ0n) is 12.5. The lowest BCUT2D eigenvalue weighted by Crippen LogP contribution is -2.51. The van der Waals surface area contributed by atoms with Crippen molar-refractivity contribution in [2.75, 3.05) is 20.3 Å². The number of hydrogen-bond donors (Lipinski definition) is 1. The Morgan fingerprint density at radius 3 is 2.71 bits per heavy atom. The number of nitrogens with one attached hydrogen (secondary N) is 1. The highest BCUT2D eigenvalue weighted by Crippen LogP contribution is 2.28. The van der Waals surface area contributed by atoms with Crippen LogP contribution in [-0.2, 0) is 19.8 Å². The first-order chi connectivity index (χ1) is 10.1. The van der Waals surface area contributed by atoms with E-state index in [-0.39, 0.29) is 12.1 Å². The molecular weight excluding hydrogens is 334 g/mol. The third-order valence-electron chi connectivity index (χ3n) is 4.06. The van der Waals surface area contributed by atoms with Gasteiger partial charge in [0.1, 0.15) is 5.54 Å². The molecule has 0 bridgehead atoms. The zero-order chi connectivity index (χ0) is 15.3. The molecule has 2 rings (SSSR count). The molecule has 1 aromatic carbocycles. The van der Waals surface area contributed by atoms with Gasteiger partial charge in [0, 0.05) is 17.6 Å². The van der Waals surface area contributed by atoms with E-state index in [0.717, 1.165) is 29.5 Å². The lowest BCUT2D eigenvalue weighted by molar-refractivity contribution is -0.149. The van der Waals surface area contributed by atoms with Gasteiger partial charge in [-0.1, -0.05) is 35.0 Å². The topological polar surface area (TPSA) is 47.6 Å². The average Bonchev–Trinajstić information content (AvgIpc) is 3.02. The smallest absolute Gasteiger partial charge is 0.330 e. The van der Waals surface area contributed by atoms with Gasteiger partial charge in [0.15, 0.2) is 0 Å². The molecule has 1 fully saturated rings. The lowest BCUT2D eigenvalue weighted by Gasteiger charge is -2.32. The minimum Gasteiger partial charge on any atom is -0.467 e. The maximum absolute atomic E-state index is 12.4. The maximum atomic E-state index is 12.4. The molecule has 2 atom stereocenters. The van der Waals surface area contributed by atoms with Gasteiger partial charge in [0.25, 0.3) is 0 Å². The van der Waals surface area contributed by atoms with Crippen LogP contribution in [0.25, 0.3) is 0 Å². The molecule has 0 amide bonds.